The van der Waals surface area contributed by atoms with E-state index in [9.17, 15) is 14.7 Å². The Hall–Kier alpha value is -2.82. The fourth-order valence-electron chi connectivity index (χ4n) is 3.30. The van der Waals surface area contributed by atoms with Crippen molar-refractivity contribution < 1.29 is 9.90 Å². The van der Waals surface area contributed by atoms with Crippen LogP contribution in [0.3, 0.4) is 0 Å². The van der Waals surface area contributed by atoms with Gasteiger partial charge >= 0.3 is 0 Å². The van der Waals surface area contributed by atoms with Gasteiger partial charge < -0.3 is 5.11 Å². The van der Waals surface area contributed by atoms with Crippen LogP contribution in [0.1, 0.15) is 49.5 Å². The van der Waals surface area contributed by atoms with Gasteiger partial charge in [-0.1, -0.05) is 68.4 Å². The number of benzene rings is 3. The quantitative estimate of drug-likeness (QED) is 0.319. The number of ketones is 1. The minimum absolute atomic E-state index is 0.170. The van der Waals surface area contributed by atoms with Gasteiger partial charge in [0.25, 0.3) is 0 Å². The van der Waals surface area contributed by atoms with Gasteiger partial charge in [0.05, 0.1) is 0 Å². The summed E-state index contributed by atoms with van der Waals surface area (Å²) in [5, 5.41) is 11.1. The molecular formula is C26H26O3S. The van der Waals surface area contributed by atoms with Gasteiger partial charge in [-0.3, -0.25) is 9.59 Å². The largest absolute Gasteiger partial charge is 0.382 e. The molecule has 0 amide bonds. The van der Waals surface area contributed by atoms with E-state index in [1.807, 2.05) is 42.5 Å². The molecule has 0 aliphatic heterocycles. The molecule has 4 heteroatoms. The van der Waals surface area contributed by atoms with Crippen LogP contribution in [0.5, 0.6) is 0 Å². The van der Waals surface area contributed by atoms with Crippen LogP contribution in [-0.4, -0.2) is 16.5 Å². The summed E-state index contributed by atoms with van der Waals surface area (Å²) in [6.45, 7) is 7.24. The lowest BCUT2D eigenvalue weighted by molar-refractivity contribution is 0.0488. The highest BCUT2D eigenvalue weighted by Crippen LogP contribution is 2.29. The van der Waals surface area contributed by atoms with E-state index in [1.165, 1.54) is 13.8 Å². The fraction of sp³-hybridized carbons (Fsp3) is 0.231. The summed E-state index contributed by atoms with van der Waals surface area (Å²) in [4.78, 5) is 24.0. The Morgan fingerprint density at radius 1 is 0.867 bits per heavy atom. The highest BCUT2D eigenvalue weighted by molar-refractivity contribution is 7.24. The number of hydrogen-bond acceptors (Lipinski definition) is 4. The van der Waals surface area contributed by atoms with Crippen molar-refractivity contribution in [2.45, 2.75) is 39.2 Å². The predicted octanol–water partition coefficient (Wildman–Crippen LogP) is 6.18. The fourth-order valence-corrected chi connectivity index (χ4v) is 4.41. The third kappa shape index (κ3) is 4.66. The zero-order chi connectivity index (χ0) is 21.9. The number of carbonyl (C=O) groups excluding carboxylic acids is 1. The van der Waals surface area contributed by atoms with Crippen molar-refractivity contribution in [1.29, 1.82) is 0 Å². The van der Waals surface area contributed by atoms with Crippen molar-refractivity contribution in [2.24, 2.45) is 0 Å². The molecule has 4 aromatic rings. The Labute approximate surface area is 180 Å². The molecule has 4 rings (SSSR count). The molecule has 0 radical (unpaired) electrons. The number of aliphatic hydroxyl groups is 1. The molecule has 0 atom stereocenters. The Morgan fingerprint density at radius 3 is 2.10 bits per heavy atom. The standard InChI is InChI=1S/C16H14OS.C10H12O2/c1-10(2)11-7-5-9-14-15(11)16(17)12-6-3-4-8-13(12)18-14;1-10(2,12)9(11)8-6-4-3-5-7-8/h3-10H,1-2H3;3-7,12H,1-2H3. The molecule has 0 bridgehead atoms. The second kappa shape index (κ2) is 8.90. The molecule has 0 spiro atoms. The van der Waals surface area contributed by atoms with Gasteiger partial charge in [-0.25, -0.2) is 0 Å². The lowest BCUT2D eigenvalue weighted by atomic mass is 9.97. The first-order valence-electron chi connectivity index (χ1n) is 9.97. The van der Waals surface area contributed by atoms with Gasteiger partial charge in [-0.05, 0) is 43.5 Å². The molecule has 1 aromatic heterocycles. The first-order valence-corrected chi connectivity index (χ1v) is 10.8. The van der Waals surface area contributed by atoms with Crippen LogP contribution in [-0.2, 0) is 0 Å². The number of fused-ring (bicyclic) bond motifs is 2. The van der Waals surface area contributed by atoms with Crippen LogP contribution in [0.2, 0.25) is 0 Å². The Bertz CT molecular complexity index is 1230. The van der Waals surface area contributed by atoms with Crippen molar-refractivity contribution >= 4 is 37.3 Å². The van der Waals surface area contributed by atoms with Gasteiger partial charge in [0.1, 0.15) is 5.60 Å². The van der Waals surface area contributed by atoms with Crippen LogP contribution in [0, 0.1) is 0 Å². The average Bonchev–Trinajstić information content (AvgIpc) is 2.73. The molecule has 0 aliphatic rings. The third-order valence-electron chi connectivity index (χ3n) is 4.85. The van der Waals surface area contributed by atoms with Crippen LogP contribution >= 0.6 is 11.3 Å². The maximum atomic E-state index is 12.6. The van der Waals surface area contributed by atoms with Crippen molar-refractivity contribution in [2.75, 3.05) is 0 Å². The molecule has 3 nitrogen and oxygen atoms in total. The smallest absolute Gasteiger partial charge is 0.196 e. The molecule has 0 fully saturated rings. The van der Waals surface area contributed by atoms with E-state index in [0.717, 1.165) is 25.7 Å². The van der Waals surface area contributed by atoms with Crippen LogP contribution < -0.4 is 5.43 Å². The van der Waals surface area contributed by atoms with E-state index in [4.69, 9.17) is 0 Å². The van der Waals surface area contributed by atoms with E-state index in [2.05, 4.69) is 19.9 Å². The summed E-state index contributed by atoms with van der Waals surface area (Å²) in [6, 6.07) is 22.8. The molecule has 0 saturated heterocycles. The molecule has 0 saturated carbocycles. The van der Waals surface area contributed by atoms with Gasteiger partial charge in [-0.15, -0.1) is 11.3 Å². The molecule has 1 heterocycles. The van der Waals surface area contributed by atoms with Gasteiger partial charge in [-0.2, -0.15) is 0 Å². The Balaban J connectivity index is 0.000000187. The number of carbonyl (C=O) groups is 1. The summed E-state index contributed by atoms with van der Waals surface area (Å²) < 4.78 is 2.15. The summed E-state index contributed by atoms with van der Waals surface area (Å²) in [6.07, 6.45) is 0. The van der Waals surface area contributed by atoms with E-state index in [-0.39, 0.29) is 11.2 Å². The minimum atomic E-state index is -1.28. The normalized spacial score (nSPS) is 11.4. The van der Waals surface area contributed by atoms with Crippen LogP contribution in [0.4, 0.5) is 0 Å². The molecule has 154 valence electrons. The Morgan fingerprint density at radius 2 is 1.47 bits per heavy atom. The number of rotatable bonds is 3. The monoisotopic (exact) mass is 418 g/mol. The van der Waals surface area contributed by atoms with Crippen molar-refractivity contribution in [3.8, 4) is 0 Å². The van der Waals surface area contributed by atoms with Gasteiger partial charge in [0.15, 0.2) is 11.2 Å². The van der Waals surface area contributed by atoms with E-state index >= 15 is 0 Å². The van der Waals surface area contributed by atoms with Gasteiger partial charge in [0.2, 0.25) is 0 Å². The SMILES string of the molecule is CC(C)(O)C(=O)c1ccccc1.CC(C)c1cccc2sc3ccccc3c(=O)c12. The lowest BCUT2D eigenvalue weighted by Gasteiger charge is -2.14. The number of hydrogen-bond donors (Lipinski definition) is 1. The summed E-state index contributed by atoms with van der Waals surface area (Å²) in [5.74, 6) is 0.123. The van der Waals surface area contributed by atoms with E-state index in [0.29, 0.717) is 11.5 Å². The molecular weight excluding hydrogens is 392 g/mol. The number of Topliss-reactive ketones (excluding diaryl/α,β-unsaturated/α-hetero) is 1. The van der Waals surface area contributed by atoms with E-state index < -0.39 is 5.60 Å². The lowest BCUT2D eigenvalue weighted by Crippen LogP contribution is -2.30. The minimum Gasteiger partial charge on any atom is -0.382 e. The third-order valence-corrected chi connectivity index (χ3v) is 5.99. The van der Waals surface area contributed by atoms with Gasteiger partial charge in [0, 0.05) is 25.7 Å². The molecule has 0 unspecified atom stereocenters. The molecule has 3 aromatic carbocycles. The average molecular weight is 419 g/mol. The van der Waals surface area contributed by atoms with Crippen LogP contribution in [0.15, 0.2) is 77.6 Å². The summed E-state index contributed by atoms with van der Waals surface area (Å²) >= 11 is 1.70. The van der Waals surface area contributed by atoms with Crippen molar-refractivity contribution in [3.05, 3.63) is 94.1 Å². The van der Waals surface area contributed by atoms with Crippen molar-refractivity contribution in [3.63, 3.8) is 0 Å². The summed E-state index contributed by atoms with van der Waals surface area (Å²) in [5.41, 5.74) is 0.592. The van der Waals surface area contributed by atoms with Crippen molar-refractivity contribution in [1.82, 2.24) is 0 Å². The molecule has 30 heavy (non-hydrogen) atoms. The predicted molar refractivity (Wildman–Crippen MR) is 127 cm³/mol. The second-order valence-electron chi connectivity index (χ2n) is 8.06. The molecule has 0 aliphatic carbocycles. The topological polar surface area (TPSA) is 54.4 Å². The van der Waals surface area contributed by atoms with Crippen LogP contribution in [0.25, 0.3) is 20.2 Å². The highest BCUT2D eigenvalue weighted by atomic mass is 32.1. The first kappa shape index (κ1) is 21.9. The Kier molecular flexibility index (Phi) is 6.49. The maximum Gasteiger partial charge on any atom is 0.196 e. The molecule has 1 N–H and O–H groups in total. The second-order valence-corrected chi connectivity index (χ2v) is 9.14. The van der Waals surface area contributed by atoms with E-state index in [1.54, 1.807) is 35.6 Å². The maximum absolute atomic E-state index is 12.6. The first-order chi connectivity index (χ1) is 14.2. The highest BCUT2D eigenvalue weighted by Gasteiger charge is 2.24. The summed E-state index contributed by atoms with van der Waals surface area (Å²) in [7, 11) is 0. The zero-order valence-electron chi connectivity index (χ0n) is 17.7. The zero-order valence-corrected chi connectivity index (χ0v) is 18.5.